The number of carbonyl (C=O) groups is 1. The van der Waals surface area contributed by atoms with Crippen molar-refractivity contribution in [2.45, 2.75) is 13.8 Å². The summed E-state index contributed by atoms with van der Waals surface area (Å²) in [6, 6.07) is 0. The molecule has 0 heterocycles. The van der Waals surface area contributed by atoms with Gasteiger partial charge in [-0.25, -0.2) is 0 Å². The first-order valence-corrected chi connectivity index (χ1v) is 3.86. The van der Waals surface area contributed by atoms with Crippen molar-refractivity contribution in [1.82, 2.24) is 0 Å². The Hall–Kier alpha value is -1.15. The van der Waals surface area contributed by atoms with Crippen molar-refractivity contribution in [2.75, 3.05) is 6.61 Å². The number of hydrogen-bond donors (Lipinski definition) is 1. The molecule has 0 rings (SSSR count). The largest absolute Gasteiger partial charge is 0.388 e. The smallest absolute Gasteiger partial charge is 0.188 e. The van der Waals surface area contributed by atoms with E-state index in [-0.39, 0.29) is 5.78 Å². The van der Waals surface area contributed by atoms with Gasteiger partial charge in [0.2, 0.25) is 0 Å². The highest BCUT2D eigenvalue weighted by atomic mass is 16.3. The van der Waals surface area contributed by atoms with Crippen LogP contribution in [0.1, 0.15) is 13.8 Å². The van der Waals surface area contributed by atoms with Gasteiger partial charge in [-0.2, -0.15) is 0 Å². The minimum absolute atomic E-state index is 0.258. The monoisotopic (exact) mass is 166 g/mol. The third-order valence-corrected chi connectivity index (χ3v) is 1.28. The molecule has 0 aliphatic heterocycles. The minimum atomic E-state index is -0.437. The summed E-state index contributed by atoms with van der Waals surface area (Å²) in [7, 11) is 0. The highest BCUT2D eigenvalue weighted by Crippen LogP contribution is 1.99. The second-order valence-corrected chi connectivity index (χ2v) is 2.23. The maximum Gasteiger partial charge on any atom is 0.188 e. The summed E-state index contributed by atoms with van der Waals surface area (Å²) in [5, 5.41) is 8.58. The first kappa shape index (κ1) is 10.8. The molecule has 0 aliphatic carbocycles. The maximum atomic E-state index is 11.0. The average Bonchev–Trinajstić information content (AvgIpc) is 2.11. The van der Waals surface area contributed by atoms with Crippen molar-refractivity contribution in [3.8, 4) is 0 Å². The second-order valence-electron chi connectivity index (χ2n) is 2.23. The zero-order valence-electron chi connectivity index (χ0n) is 7.45. The SMILES string of the molecule is C\C=C/C=C(\C=C/C)C(=O)CO. The highest BCUT2D eigenvalue weighted by Gasteiger charge is 2.01. The Morgan fingerprint density at radius 3 is 2.42 bits per heavy atom. The molecule has 12 heavy (non-hydrogen) atoms. The van der Waals surface area contributed by atoms with E-state index >= 15 is 0 Å². The number of ketones is 1. The third-order valence-electron chi connectivity index (χ3n) is 1.28. The van der Waals surface area contributed by atoms with Crippen LogP contribution in [-0.4, -0.2) is 17.5 Å². The normalized spacial score (nSPS) is 13.1. The summed E-state index contributed by atoms with van der Waals surface area (Å²) in [4.78, 5) is 11.0. The van der Waals surface area contributed by atoms with Crippen molar-refractivity contribution in [3.05, 3.63) is 36.0 Å². The maximum absolute atomic E-state index is 11.0. The fraction of sp³-hybridized carbons (Fsp3) is 0.300. The molecule has 2 nitrogen and oxygen atoms in total. The summed E-state index contributed by atoms with van der Waals surface area (Å²) >= 11 is 0. The molecule has 0 saturated heterocycles. The van der Waals surface area contributed by atoms with E-state index in [9.17, 15) is 4.79 Å². The molecule has 0 radical (unpaired) electrons. The van der Waals surface area contributed by atoms with Crippen LogP contribution < -0.4 is 0 Å². The topological polar surface area (TPSA) is 37.3 Å². The van der Waals surface area contributed by atoms with Gasteiger partial charge in [0, 0.05) is 5.57 Å². The van der Waals surface area contributed by atoms with Crippen molar-refractivity contribution < 1.29 is 9.90 Å². The van der Waals surface area contributed by atoms with Crippen LogP contribution in [0.5, 0.6) is 0 Å². The Bertz CT molecular complexity index is 222. The Balaban J connectivity index is 4.53. The Morgan fingerprint density at radius 1 is 1.33 bits per heavy atom. The van der Waals surface area contributed by atoms with Gasteiger partial charge < -0.3 is 5.11 Å². The minimum Gasteiger partial charge on any atom is -0.388 e. The van der Waals surface area contributed by atoms with Crippen LogP contribution in [-0.2, 0) is 4.79 Å². The second kappa shape index (κ2) is 6.55. The first-order valence-electron chi connectivity index (χ1n) is 3.86. The molecular formula is C10H14O2. The van der Waals surface area contributed by atoms with Crippen LogP contribution in [0.2, 0.25) is 0 Å². The van der Waals surface area contributed by atoms with Crippen LogP contribution in [0.25, 0.3) is 0 Å². The van der Waals surface area contributed by atoms with Gasteiger partial charge in [0.25, 0.3) is 0 Å². The van der Waals surface area contributed by atoms with E-state index in [4.69, 9.17) is 5.11 Å². The lowest BCUT2D eigenvalue weighted by Gasteiger charge is -1.94. The van der Waals surface area contributed by atoms with E-state index in [1.54, 1.807) is 24.3 Å². The molecule has 0 aromatic heterocycles. The molecule has 0 amide bonds. The van der Waals surface area contributed by atoms with Crippen LogP contribution >= 0.6 is 0 Å². The summed E-state index contributed by atoms with van der Waals surface area (Å²) < 4.78 is 0. The molecule has 0 aliphatic rings. The van der Waals surface area contributed by atoms with Crippen LogP contribution in [0, 0.1) is 0 Å². The van der Waals surface area contributed by atoms with E-state index < -0.39 is 6.61 Å². The molecule has 0 aromatic rings. The van der Waals surface area contributed by atoms with Gasteiger partial charge in [-0.15, -0.1) is 0 Å². The molecule has 0 atom stereocenters. The standard InChI is InChI=1S/C10H14O2/c1-3-5-7-9(6-4-2)10(12)8-11/h3-7,11H,8H2,1-2H3/b5-3-,6-4-,9-7+. The fourth-order valence-electron chi connectivity index (χ4n) is 0.712. The quantitative estimate of drug-likeness (QED) is 0.509. The molecule has 2 heteroatoms. The third kappa shape index (κ3) is 3.88. The van der Waals surface area contributed by atoms with Gasteiger partial charge in [-0.05, 0) is 13.8 Å². The summed E-state index contributed by atoms with van der Waals surface area (Å²) in [6.07, 6.45) is 8.72. The number of allylic oxidation sites excluding steroid dienone is 5. The van der Waals surface area contributed by atoms with Crippen LogP contribution in [0.4, 0.5) is 0 Å². The number of aliphatic hydroxyl groups is 1. The van der Waals surface area contributed by atoms with Gasteiger partial charge in [0.05, 0.1) is 0 Å². The summed E-state index contributed by atoms with van der Waals surface area (Å²) in [6.45, 7) is 3.26. The predicted molar refractivity (Wildman–Crippen MR) is 49.8 cm³/mol. The molecular weight excluding hydrogens is 152 g/mol. The number of aliphatic hydroxyl groups excluding tert-OH is 1. The molecule has 0 spiro atoms. The number of hydrogen-bond acceptors (Lipinski definition) is 2. The van der Waals surface area contributed by atoms with Gasteiger partial charge in [0.15, 0.2) is 5.78 Å². The summed E-state index contributed by atoms with van der Waals surface area (Å²) in [5.74, 6) is -0.258. The van der Waals surface area contributed by atoms with Crippen molar-refractivity contribution in [2.24, 2.45) is 0 Å². The molecule has 0 saturated carbocycles. The van der Waals surface area contributed by atoms with E-state index in [0.717, 1.165) is 0 Å². The lowest BCUT2D eigenvalue weighted by molar-refractivity contribution is -0.117. The summed E-state index contributed by atoms with van der Waals surface area (Å²) in [5.41, 5.74) is 0.526. The van der Waals surface area contributed by atoms with E-state index in [2.05, 4.69) is 0 Å². The number of rotatable bonds is 4. The van der Waals surface area contributed by atoms with Gasteiger partial charge >= 0.3 is 0 Å². The first-order chi connectivity index (χ1) is 5.76. The zero-order valence-corrected chi connectivity index (χ0v) is 7.45. The van der Waals surface area contributed by atoms with Gasteiger partial charge in [-0.3, -0.25) is 4.79 Å². The van der Waals surface area contributed by atoms with Crippen molar-refractivity contribution in [1.29, 1.82) is 0 Å². The van der Waals surface area contributed by atoms with Gasteiger partial charge in [0.1, 0.15) is 6.61 Å². The molecule has 0 unspecified atom stereocenters. The van der Waals surface area contributed by atoms with E-state index in [1.165, 1.54) is 0 Å². The van der Waals surface area contributed by atoms with Crippen LogP contribution in [0.15, 0.2) is 36.0 Å². The molecule has 0 fully saturated rings. The van der Waals surface area contributed by atoms with E-state index in [0.29, 0.717) is 5.57 Å². The van der Waals surface area contributed by atoms with Crippen LogP contribution in [0.3, 0.4) is 0 Å². The lowest BCUT2D eigenvalue weighted by atomic mass is 10.1. The number of carbonyl (C=O) groups excluding carboxylic acids is 1. The van der Waals surface area contributed by atoms with E-state index in [1.807, 2.05) is 19.9 Å². The molecule has 0 bridgehead atoms. The van der Waals surface area contributed by atoms with Crippen molar-refractivity contribution in [3.63, 3.8) is 0 Å². The Labute approximate surface area is 72.9 Å². The average molecular weight is 166 g/mol. The Morgan fingerprint density at radius 2 is 2.00 bits per heavy atom. The fourth-order valence-corrected chi connectivity index (χ4v) is 0.712. The van der Waals surface area contributed by atoms with Gasteiger partial charge in [-0.1, -0.05) is 30.4 Å². The Kier molecular flexibility index (Phi) is 5.93. The molecule has 1 N–H and O–H groups in total. The molecule has 0 aromatic carbocycles. The molecule has 66 valence electrons. The van der Waals surface area contributed by atoms with Crippen molar-refractivity contribution >= 4 is 5.78 Å². The predicted octanol–water partition coefficient (Wildman–Crippen LogP) is 1.63. The lowest BCUT2D eigenvalue weighted by Crippen LogP contribution is -2.05. The zero-order chi connectivity index (χ0) is 9.40. The number of Topliss-reactive ketones (excluding diaryl/α,β-unsaturated/α-hetero) is 1. The highest BCUT2D eigenvalue weighted by molar-refractivity contribution is 5.99.